The van der Waals surface area contributed by atoms with E-state index in [0.29, 0.717) is 38.0 Å². The van der Waals surface area contributed by atoms with Crippen LogP contribution in [0.3, 0.4) is 0 Å². The van der Waals surface area contributed by atoms with Crippen LogP contribution in [0.1, 0.15) is 43.0 Å². The number of amides is 2. The van der Waals surface area contributed by atoms with Crippen LogP contribution in [-0.2, 0) is 9.59 Å². The van der Waals surface area contributed by atoms with Crippen LogP contribution < -0.4 is 0 Å². The van der Waals surface area contributed by atoms with E-state index in [1.54, 1.807) is 21.9 Å². The van der Waals surface area contributed by atoms with Crippen molar-refractivity contribution in [2.75, 3.05) is 19.6 Å². The van der Waals surface area contributed by atoms with Gasteiger partial charge in [0.2, 0.25) is 5.91 Å². The predicted octanol–water partition coefficient (Wildman–Crippen LogP) is 2.25. The molecule has 2 fully saturated rings. The molecule has 0 aromatic heterocycles. The summed E-state index contributed by atoms with van der Waals surface area (Å²) in [6.07, 6.45) is 2.87. The summed E-state index contributed by atoms with van der Waals surface area (Å²) >= 11 is 0. The van der Waals surface area contributed by atoms with Gasteiger partial charge in [0.1, 0.15) is 0 Å². The molecule has 6 nitrogen and oxygen atoms in total. The normalized spacial score (nSPS) is 26.4. The molecule has 0 saturated carbocycles. The van der Waals surface area contributed by atoms with E-state index >= 15 is 0 Å². The molecule has 2 aliphatic rings. The van der Waals surface area contributed by atoms with Crippen LogP contribution in [0.15, 0.2) is 30.3 Å². The van der Waals surface area contributed by atoms with Crippen molar-refractivity contribution in [3.63, 3.8) is 0 Å². The first-order chi connectivity index (χ1) is 12.5. The summed E-state index contributed by atoms with van der Waals surface area (Å²) in [7, 11) is 0. The maximum absolute atomic E-state index is 13.0. The third-order valence-corrected chi connectivity index (χ3v) is 5.67. The SMILES string of the molecule is C[C@@H]1[C@H](C(=O)O)CCCN1C(=O)C1CCCN(C(=O)c2ccccc2)C1. The van der Waals surface area contributed by atoms with Gasteiger partial charge in [-0.2, -0.15) is 0 Å². The molecule has 6 heteroatoms. The molecule has 140 valence electrons. The first-order valence-corrected chi connectivity index (χ1v) is 9.36. The van der Waals surface area contributed by atoms with Crippen molar-refractivity contribution in [1.29, 1.82) is 0 Å². The Bertz CT molecular complexity index is 676. The highest BCUT2D eigenvalue weighted by Gasteiger charge is 2.39. The van der Waals surface area contributed by atoms with Gasteiger partial charge in [0.25, 0.3) is 5.91 Å². The smallest absolute Gasteiger partial charge is 0.308 e. The van der Waals surface area contributed by atoms with Crippen molar-refractivity contribution in [3.05, 3.63) is 35.9 Å². The number of carbonyl (C=O) groups excluding carboxylic acids is 2. The van der Waals surface area contributed by atoms with Crippen LogP contribution in [-0.4, -0.2) is 58.4 Å². The number of carboxylic acid groups (broad SMARTS) is 1. The Hall–Kier alpha value is -2.37. The van der Waals surface area contributed by atoms with Gasteiger partial charge in [-0.25, -0.2) is 0 Å². The molecular weight excluding hydrogens is 332 g/mol. The number of rotatable bonds is 3. The maximum Gasteiger partial charge on any atom is 0.308 e. The molecular formula is C20H26N2O4. The standard InChI is InChI=1S/C20H26N2O4/c1-14-17(20(25)26)10-6-12-22(14)19(24)16-9-5-11-21(13-16)18(23)15-7-3-2-4-8-15/h2-4,7-8,14,16-17H,5-6,9-13H2,1H3,(H,25,26)/t14-,16?,17-/m1/s1. The summed E-state index contributed by atoms with van der Waals surface area (Å²) in [5, 5.41) is 9.37. The molecule has 1 unspecified atom stereocenters. The molecule has 3 rings (SSSR count). The summed E-state index contributed by atoms with van der Waals surface area (Å²) < 4.78 is 0. The summed E-state index contributed by atoms with van der Waals surface area (Å²) in [4.78, 5) is 40.6. The summed E-state index contributed by atoms with van der Waals surface area (Å²) in [5.74, 6) is -1.63. The average Bonchev–Trinajstić information content (AvgIpc) is 2.67. The van der Waals surface area contributed by atoms with Gasteiger partial charge in [-0.1, -0.05) is 18.2 Å². The van der Waals surface area contributed by atoms with Gasteiger partial charge < -0.3 is 14.9 Å². The first-order valence-electron chi connectivity index (χ1n) is 9.36. The van der Waals surface area contributed by atoms with Gasteiger partial charge in [-0.3, -0.25) is 14.4 Å². The predicted molar refractivity (Wildman–Crippen MR) is 96.6 cm³/mol. The minimum atomic E-state index is -0.834. The third kappa shape index (κ3) is 3.74. The van der Waals surface area contributed by atoms with Gasteiger partial charge in [-0.15, -0.1) is 0 Å². The quantitative estimate of drug-likeness (QED) is 0.899. The fourth-order valence-corrected chi connectivity index (χ4v) is 4.15. The van der Waals surface area contributed by atoms with Gasteiger partial charge in [0.05, 0.1) is 11.8 Å². The minimum absolute atomic E-state index is 0.00554. The molecule has 26 heavy (non-hydrogen) atoms. The first kappa shape index (κ1) is 18.4. The van der Waals surface area contributed by atoms with E-state index in [-0.39, 0.29) is 23.8 Å². The molecule has 1 aromatic carbocycles. The molecule has 3 atom stereocenters. The van der Waals surface area contributed by atoms with Gasteiger partial charge >= 0.3 is 5.97 Å². The Labute approximate surface area is 153 Å². The zero-order valence-electron chi connectivity index (χ0n) is 15.1. The highest BCUT2D eigenvalue weighted by Crippen LogP contribution is 2.28. The number of hydrogen-bond acceptors (Lipinski definition) is 3. The lowest BCUT2D eigenvalue weighted by atomic mass is 9.88. The number of likely N-dealkylation sites (tertiary alicyclic amines) is 2. The zero-order chi connectivity index (χ0) is 18.7. The van der Waals surface area contributed by atoms with Crippen molar-refractivity contribution >= 4 is 17.8 Å². The number of benzene rings is 1. The molecule has 0 spiro atoms. The lowest BCUT2D eigenvalue weighted by molar-refractivity contribution is -0.151. The van der Waals surface area contributed by atoms with E-state index in [0.717, 1.165) is 12.8 Å². The monoisotopic (exact) mass is 358 g/mol. The van der Waals surface area contributed by atoms with Crippen molar-refractivity contribution in [3.8, 4) is 0 Å². The molecule has 1 aromatic rings. The largest absolute Gasteiger partial charge is 0.481 e. The Morgan fingerprint density at radius 1 is 1.04 bits per heavy atom. The molecule has 2 amide bonds. The lowest BCUT2D eigenvalue weighted by Crippen LogP contribution is -2.53. The van der Waals surface area contributed by atoms with Crippen LogP contribution in [0.4, 0.5) is 0 Å². The van der Waals surface area contributed by atoms with Crippen LogP contribution in [0.2, 0.25) is 0 Å². The third-order valence-electron chi connectivity index (χ3n) is 5.67. The second-order valence-corrected chi connectivity index (χ2v) is 7.32. The second-order valence-electron chi connectivity index (χ2n) is 7.32. The molecule has 0 bridgehead atoms. The Kier molecular flexibility index (Phi) is 5.59. The molecule has 1 N–H and O–H groups in total. The average molecular weight is 358 g/mol. The molecule has 2 heterocycles. The van der Waals surface area contributed by atoms with Crippen LogP contribution in [0, 0.1) is 11.8 Å². The molecule has 2 aliphatic heterocycles. The molecule has 0 radical (unpaired) electrons. The summed E-state index contributed by atoms with van der Waals surface area (Å²) in [6.45, 7) is 3.50. The van der Waals surface area contributed by atoms with E-state index in [1.165, 1.54) is 0 Å². The molecule has 2 saturated heterocycles. The number of piperidine rings is 2. The van der Waals surface area contributed by atoms with Crippen LogP contribution in [0.25, 0.3) is 0 Å². The number of carboxylic acids is 1. The Morgan fingerprint density at radius 3 is 2.42 bits per heavy atom. The second kappa shape index (κ2) is 7.89. The van der Waals surface area contributed by atoms with E-state index in [1.807, 2.05) is 25.1 Å². The highest BCUT2D eigenvalue weighted by atomic mass is 16.4. The van der Waals surface area contributed by atoms with E-state index in [9.17, 15) is 19.5 Å². The highest BCUT2D eigenvalue weighted by molar-refractivity contribution is 5.94. The lowest BCUT2D eigenvalue weighted by Gasteiger charge is -2.41. The minimum Gasteiger partial charge on any atom is -0.481 e. The van der Waals surface area contributed by atoms with Gasteiger partial charge in [0, 0.05) is 31.2 Å². The van der Waals surface area contributed by atoms with Crippen LogP contribution >= 0.6 is 0 Å². The number of carbonyl (C=O) groups is 3. The van der Waals surface area contributed by atoms with E-state index < -0.39 is 11.9 Å². The zero-order valence-corrected chi connectivity index (χ0v) is 15.1. The summed E-state index contributed by atoms with van der Waals surface area (Å²) in [5.41, 5.74) is 0.637. The fourth-order valence-electron chi connectivity index (χ4n) is 4.15. The van der Waals surface area contributed by atoms with Crippen molar-refractivity contribution in [2.45, 2.75) is 38.6 Å². The summed E-state index contributed by atoms with van der Waals surface area (Å²) in [6, 6.07) is 8.82. The molecule has 0 aliphatic carbocycles. The van der Waals surface area contributed by atoms with Gasteiger partial charge in [0.15, 0.2) is 0 Å². The van der Waals surface area contributed by atoms with Crippen molar-refractivity contribution in [1.82, 2.24) is 9.80 Å². The number of nitrogens with zero attached hydrogens (tertiary/aromatic N) is 2. The van der Waals surface area contributed by atoms with E-state index in [4.69, 9.17) is 0 Å². The fraction of sp³-hybridized carbons (Fsp3) is 0.550. The Morgan fingerprint density at radius 2 is 1.73 bits per heavy atom. The maximum atomic E-state index is 13.0. The topological polar surface area (TPSA) is 77.9 Å². The van der Waals surface area contributed by atoms with Crippen molar-refractivity contribution in [2.24, 2.45) is 11.8 Å². The number of hydrogen-bond donors (Lipinski definition) is 1. The van der Waals surface area contributed by atoms with Crippen LogP contribution in [0.5, 0.6) is 0 Å². The Balaban J connectivity index is 1.68. The van der Waals surface area contributed by atoms with Gasteiger partial charge in [-0.05, 0) is 44.7 Å². The van der Waals surface area contributed by atoms with Crippen molar-refractivity contribution < 1.29 is 19.5 Å². The van der Waals surface area contributed by atoms with E-state index in [2.05, 4.69) is 0 Å². The number of aliphatic carboxylic acids is 1.